The fourth-order valence-corrected chi connectivity index (χ4v) is 3.66. The Balaban J connectivity index is 0.00000729. The van der Waals surface area contributed by atoms with Gasteiger partial charge in [0.1, 0.15) is 11.5 Å². The summed E-state index contributed by atoms with van der Waals surface area (Å²) in [6, 6.07) is 5.50. The normalized spacial score (nSPS) is 13.3. The maximum atomic E-state index is 11.5. The summed E-state index contributed by atoms with van der Waals surface area (Å²) in [4.78, 5) is 4.53. The van der Waals surface area contributed by atoms with E-state index in [1.165, 1.54) is 0 Å². The number of sulfonamides is 1. The van der Waals surface area contributed by atoms with Crippen LogP contribution in [0.4, 0.5) is 0 Å². The van der Waals surface area contributed by atoms with E-state index in [9.17, 15) is 8.42 Å². The maximum Gasteiger partial charge on any atom is 0.209 e. The SMILES string of the molecule is CCNC(=NCC(C)(C)NS(C)(=O)=O)NC(C)c1cc(OC)ccc1OC.I. The fraction of sp³-hybridized carbons (Fsp3) is 0.611. The average Bonchev–Trinajstić information content (AvgIpc) is 2.57. The van der Waals surface area contributed by atoms with E-state index in [0.717, 1.165) is 23.3 Å². The van der Waals surface area contributed by atoms with E-state index in [1.807, 2.05) is 32.0 Å². The molecular formula is C18H33IN4O4S. The molecule has 162 valence electrons. The minimum absolute atomic E-state index is 0. The molecule has 0 bridgehead atoms. The number of ether oxygens (including phenoxy) is 2. The molecule has 0 aromatic heterocycles. The molecule has 0 aliphatic heterocycles. The van der Waals surface area contributed by atoms with Gasteiger partial charge < -0.3 is 20.1 Å². The minimum atomic E-state index is -3.32. The Morgan fingerprint density at radius 2 is 1.89 bits per heavy atom. The molecule has 1 unspecified atom stereocenters. The second kappa shape index (κ2) is 11.7. The lowest BCUT2D eigenvalue weighted by molar-refractivity contribution is 0.394. The highest BCUT2D eigenvalue weighted by Gasteiger charge is 2.22. The number of guanidine groups is 1. The highest BCUT2D eigenvalue weighted by molar-refractivity contribution is 14.0. The van der Waals surface area contributed by atoms with E-state index < -0.39 is 15.6 Å². The van der Waals surface area contributed by atoms with Gasteiger partial charge in [0.15, 0.2) is 5.96 Å². The molecule has 0 heterocycles. The van der Waals surface area contributed by atoms with E-state index in [-0.39, 0.29) is 36.6 Å². The van der Waals surface area contributed by atoms with Gasteiger partial charge >= 0.3 is 0 Å². The van der Waals surface area contributed by atoms with E-state index in [1.54, 1.807) is 28.1 Å². The van der Waals surface area contributed by atoms with Gasteiger partial charge in [0.05, 0.1) is 33.1 Å². The first-order valence-corrected chi connectivity index (χ1v) is 10.7. The van der Waals surface area contributed by atoms with Crippen LogP contribution in [0.5, 0.6) is 11.5 Å². The second-order valence-corrected chi connectivity index (χ2v) is 8.68. The van der Waals surface area contributed by atoms with Crippen molar-refractivity contribution < 1.29 is 17.9 Å². The number of halogens is 1. The smallest absolute Gasteiger partial charge is 0.209 e. The zero-order valence-corrected chi connectivity index (χ0v) is 20.8. The largest absolute Gasteiger partial charge is 0.497 e. The number of rotatable bonds is 9. The van der Waals surface area contributed by atoms with Crippen LogP contribution in [0.25, 0.3) is 0 Å². The van der Waals surface area contributed by atoms with Crippen LogP contribution in [0.3, 0.4) is 0 Å². The standard InChI is InChI=1S/C18H32N4O4S.HI/c1-8-19-17(20-12-18(3,4)22-27(7,23)24)21-13(2)15-11-14(25-5)9-10-16(15)26-6;/h9-11,13,22H,8,12H2,1-7H3,(H2,19,20,21);1H. The van der Waals surface area contributed by atoms with Crippen LogP contribution in [0.15, 0.2) is 23.2 Å². The molecule has 0 radical (unpaired) electrons. The highest BCUT2D eigenvalue weighted by atomic mass is 127. The topological polar surface area (TPSA) is 101 Å². The molecule has 0 spiro atoms. The molecule has 1 rings (SSSR count). The summed E-state index contributed by atoms with van der Waals surface area (Å²) in [6.45, 7) is 8.48. The van der Waals surface area contributed by atoms with Crippen molar-refractivity contribution >= 4 is 40.0 Å². The molecule has 0 aliphatic rings. The van der Waals surface area contributed by atoms with Crippen molar-refractivity contribution in [3.8, 4) is 11.5 Å². The number of methoxy groups -OCH3 is 2. The lowest BCUT2D eigenvalue weighted by Gasteiger charge is -2.25. The third-order valence-corrected chi connectivity index (χ3v) is 4.62. The lowest BCUT2D eigenvalue weighted by atomic mass is 10.1. The van der Waals surface area contributed by atoms with E-state index in [4.69, 9.17) is 9.47 Å². The molecule has 0 saturated heterocycles. The molecule has 0 aliphatic carbocycles. The van der Waals surface area contributed by atoms with Gasteiger partial charge in [-0.25, -0.2) is 13.1 Å². The molecule has 8 nitrogen and oxygen atoms in total. The van der Waals surface area contributed by atoms with Crippen LogP contribution in [0, 0.1) is 0 Å². The first-order valence-electron chi connectivity index (χ1n) is 8.77. The summed E-state index contributed by atoms with van der Waals surface area (Å²) in [5.41, 5.74) is 0.225. The van der Waals surface area contributed by atoms with Crippen molar-refractivity contribution in [2.45, 2.75) is 39.3 Å². The first-order chi connectivity index (χ1) is 12.5. The summed E-state index contributed by atoms with van der Waals surface area (Å²) >= 11 is 0. The van der Waals surface area contributed by atoms with Crippen LogP contribution in [0.2, 0.25) is 0 Å². The van der Waals surface area contributed by atoms with E-state index in [0.29, 0.717) is 12.5 Å². The predicted molar refractivity (Wildman–Crippen MR) is 125 cm³/mol. The van der Waals surface area contributed by atoms with Gasteiger partial charge in [-0.1, -0.05) is 0 Å². The van der Waals surface area contributed by atoms with Gasteiger partial charge in [-0.2, -0.15) is 0 Å². The third kappa shape index (κ3) is 9.28. The number of hydrogen-bond acceptors (Lipinski definition) is 5. The Morgan fingerprint density at radius 1 is 1.25 bits per heavy atom. The molecular weight excluding hydrogens is 495 g/mol. The molecule has 0 fully saturated rings. The summed E-state index contributed by atoms with van der Waals surface area (Å²) < 4.78 is 36.3. The average molecular weight is 528 g/mol. The maximum absolute atomic E-state index is 11.5. The van der Waals surface area contributed by atoms with E-state index >= 15 is 0 Å². The Morgan fingerprint density at radius 3 is 2.39 bits per heavy atom. The predicted octanol–water partition coefficient (Wildman–Crippen LogP) is 2.27. The summed E-state index contributed by atoms with van der Waals surface area (Å²) in [6.07, 6.45) is 1.14. The van der Waals surface area contributed by atoms with Crippen molar-refractivity contribution in [3.63, 3.8) is 0 Å². The van der Waals surface area contributed by atoms with Gasteiger partial charge in [0.25, 0.3) is 0 Å². The molecule has 1 aromatic rings. The van der Waals surface area contributed by atoms with Crippen molar-refractivity contribution in [2.75, 3.05) is 33.6 Å². The molecule has 1 atom stereocenters. The van der Waals surface area contributed by atoms with Crippen molar-refractivity contribution in [3.05, 3.63) is 23.8 Å². The number of nitrogens with one attached hydrogen (secondary N) is 3. The number of hydrogen-bond donors (Lipinski definition) is 3. The van der Waals surface area contributed by atoms with Crippen LogP contribution in [-0.2, 0) is 10.0 Å². The van der Waals surface area contributed by atoms with E-state index in [2.05, 4.69) is 20.3 Å². The zero-order chi connectivity index (χ0) is 20.7. The quantitative estimate of drug-likeness (QED) is 0.258. The van der Waals surface area contributed by atoms with Crippen molar-refractivity contribution in [2.24, 2.45) is 4.99 Å². The Bertz CT molecular complexity index is 754. The Kier molecular flexibility index (Phi) is 11.1. The van der Waals surface area contributed by atoms with Crippen LogP contribution >= 0.6 is 24.0 Å². The van der Waals surface area contributed by atoms with Gasteiger partial charge in [0, 0.05) is 17.6 Å². The monoisotopic (exact) mass is 528 g/mol. The van der Waals surface area contributed by atoms with Crippen LogP contribution < -0.4 is 24.8 Å². The van der Waals surface area contributed by atoms with Crippen LogP contribution in [0.1, 0.15) is 39.3 Å². The van der Waals surface area contributed by atoms with Gasteiger partial charge in [-0.05, 0) is 45.9 Å². The molecule has 1 aromatic carbocycles. The van der Waals surface area contributed by atoms with Gasteiger partial charge in [-0.15, -0.1) is 24.0 Å². The zero-order valence-electron chi connectivity index (χ0n) is 17.6. The summed E-state index contributed by atoms with van der Waals surface area (Å²) in [7, 11) is -0.0764. The molecule has 0 saturated carbocycles. The first kappa shape index (κ1) is 26.7. The Hall–Kier alpha value is -1.27. The van der Waals surface area contributed by atoms with Gasteiger partial charge in [-0.3, -0.25) is 4.99 Å². The molecule has 10 heteroatoms. The fourth-order valence-electron chi connectivity index (χ4n) is 2.59. The molecule has 0 amide bonds. The summed E-state index contributed by atoms with van der Waals surface area (Å²) in [5, 5.41) is 6.50. The van der Waals surface area contributed by atoms with Gasteiger partial charge in [0.2, 0.25) is 10.0 Å². The number of benzene rings is 1. The minimum Gasteiger partial charge on any atom is -0.497 e. The highest BCUT2D eigenvalue weighted by Crippen LogP contribution is 2.29. The van der Waals surface area contributed by atoms with Crippen molar-refractivity contribution in [1.82, 2.24) is 15.4 Å². The second-order valence-electron chi connectivity index (χ2n) is 6.93. The molecule has 3 N–H and O–H groups in total. The number of nitrogens with zero attached hydrogens (tertiary/aromatic N) is 1. The van der Waals surface area contributed by atoms with Crippen molar-refractivity contribution in [1.29, 1.82) is 0 Å². The van der Waals surface area contributed by atoms with Crippen LogP contribution in [-0.4, -0.2) is 53.5 Å². The third-order valence-electron chi connectivity index (χ3n) is 3.69. The molecule has 28 heavy (non-hydrogen) atoms. The lowest BCUT2D eigenvalue weighted by Crippen LogP contribution is -2.47. The number of aliphatic imine (C=N–C) groups is 1. The Labute approximate surface area is 185 Å². The summed E-state index contributed by atoms with van der Waals surface area (Å²) in [5.74, 6) is 2.06.